The van der Waals surface area contributed by atoms with Crippen LogP contribution in [0, 0.1) is 5.92 Å². The van der Waals surface area contributed by atoms with Crippen molar-refractivity contribution < 1.29 is 22.7 Å². The normalized spacial score (nSPS) is 13.1. The van der Waals surface area contributed by atoms with E-state index in [2.05, 4.69) is 10.3 Å². The van der Waals surface area contributed by atoms with Crippen molar-refractivity contribution in [2.45, 2.75) is 37.7 Å². The molecule has 2 aromatic carbocycles. The Balaban J connectivity index is 1.77. The molecule has 190 valence electrons. The maximum atomic E-state index is 13.5. The van der Waals surface area contributed by atoms with Crippen molar-refractivity contribution in [2.24, 2.45) is 5.92 Å². The molecule has 0 aliphatic rings. The Morgan fingerprint density at radius 3 is 2.49 bits per heavy atom. The van der Waals surface area contributed by atoms with E-state index in [1.807, 2.05) is 44.2 Å². The van der Waals surface area contributed by atoms with E-state index in [0.717, 1.165) is 5.56 Å². The van der Waals surface area contributed by atoms with Crippen LogP contribution >= 0.6 is 0 Å². The van der Waals surface area contributed by atoms with E-state index in [9.17, 15) is 18.3 Å². The van der Waals surface area contributed by atoms with Crippen molar-refractivity contribution in [3.8, 4) is 0 Å². The largest absolute Gasteiger partial charge is 0.423 e. The summed E-state index contributed by atoms with van der Waals surface area (Å²) in [5.41, 5.74) is 1.77. The summed E-state index contributed by atoms with van der Waals surface area (Å²) in [7, 11) is -0.367. The van der Waals surface area contributed by atoms with Gasteiger partial charge in [-0.25, -0.2) is 8.42 Å². The van der Waals surface area contributed by atoms with Crippen LogP contribution in [0.25, 0.3) is 11.1 Å². The van der Waals surface area contributed by atoms with Crippen LogP contribution in [-0.2, 0) is 21.2 Å². The predicted octanol–water partition coefficient (Wildman–Crippen LogP) is 2.97. The minimum absolute atomic E-state index is 0.00632. The summed E-state index contributed by atoms with van der Waals surface area (Å²) >= 11 is 0. The fourth-order valence-corrected chi connectivity index (χ4v) is 5.35. The zero-order valence-corrected chi connectivity index (χ0v) is 21.5. The average molecular weight is 503 g/mol. The third-order valence-corrected chi connectivity index (χ3v) is 7.12. The van der Waals surface area contributed by atoms with Crippen molar-refractivity contribution in [2.75, 3.05) is 39.0 Å². The van der Waals surface area contributed by atoms with Gasteiger partial charge in [-0.15, -0.1) is 0 Å². The number of aryl methyl sites for hydroxylation is 1. The Morgan fingerprint density at radius 2 is 1.83 bits per heavy atom. The van der Waals surface area contributed by atoms with E-state index < -0.39 is 16.1 Å². The SMILES string of the molecule is CC(C)CN(CC(O)CCc1ccccc1)S(=O)(=O)c1ccc2nc(NC(=O)CN(C)C)oc2c1. The van der Waals surface area contributed by atoms with E-state index in [0.29, 0.717) is 18.4 Å². The van der Waals surface area contributed by atoms with E-state index in [4.69, 9.17) is 4.42 Å². The number of rotatable bonds is 12. The number of carbonyl (C=O) groups is 1. The number of anilines is 1. The van der Waals surface area contributed by atoms with Gasteiger partial charge in [-0.2, -0.15) is 9.29 Å². The molecule has 0 bridgehead atoms. The monoisotopic (exact) mass is 502 g/mol. The van der Waals surface area contributed by atoms with Gasteiger partial charge in [-0.1, -0.05) is 44.2 Å². The number of amides is 1. The number of likely N-dealkylation sites (N-methyl/N-ethyl adjacent to an activating group) is 1. The lowest BCUT2D eigenvalue weighted by atomic mass is 10.1. The lowest BCUT2D eigenvalue weighted by Crippen LogP contribution is -2.40. The first kappa shape index (κ1) is 26.8. The molecule has 9 nitrogen and oxygen atoms in total. The van der Waals surface area contributed by atoms with Gasteiger partial charge in [0.15, 0.2) is 5.58 Å². The third-order valence-electron chi connectivity index (χ3n) is 5.30. The molecule has 1 atom stereocenters. The number of fused-ring (bicyclic) bond motifs is 1. The highest BCUT2D eigenvalue weighted by molar-refractivity contribution is 7.89. The molecule has 35 heavy (non-hydrogen) atoms. The molecule has 0 saturated heterocycles. The molecule has 3 aromatic rings. The van der Waals surface area contributed by atoms with Crippen LogP contribution in [0.5, 0.6) is 0 Å². The van der Waals surface area contributed by atoms with Crippen LogP contribution in [0.15, 0.2) is 57.8 Å². The number of benzene rings is 2. The summed E-state index contributed by atoms with van der Waals surface area (Å²) in [5.74, 6) is -0.222. The fourth-order valence-electron chi connectivity index (χ4n) is 3.70. The van der Waals surface area contributed by atoms with Gasteiger partial charge in [0, 0.05) is 19.2 Å². The molecule has 0 radical (unpaired) electrons. The molecule has 0 aliphatic carbocycles. The van der Waals surface area contributed by atoms with Gasteiger partial charge >= 0.3 is 6.01 Å². The quantitative estimate of drug-likeness (QED) is 0.391. The highest BCUT2D eigenvalue weighted by atomic mass is 32.2. The highest BCUT2D eigenvalue weighted by Crippen LogP contribution is 2.25. The Kier molecular flexibility index (Phi) is 9.01. The number of hydrogen-bond donors (Lipinski definition) is 2. The molecule has 1 heterocycles. The number of aromatic nitrogens is 1. The first-order valence-corrected chi connectivity index (χ1v) is 13.1. The molecule has 10 heteroatoms. The number of sulfonamides is 1. The van der Waals surface area contributed by atoms with Crippen LogP contribution in [0.1, 0.15) is 25.8 Å². The van der Waals surface area contributed by atoms with Gasteiger partial charge in [0.1, 0.15) is 5.52 Å². The molecule has 1 amide bonds. The number of aliphatic hydroxyl groups is 1. The Morgan fingerprint density at radius 1 is 1.11 bits per heavy atom. The molecule has 2 N–H and O–H groups in total. The smallest absolute Gasteiger partial charge is 0.302 e. The van der Waals surface area contributed by atoms with Crippen molar-refractivity contribution in [1.82, 2.24) is 14.2 Å². The topological polar surface area (TPSA) is 116 Å². The van der Waals surface area contributed by atoms with Crippen molar-refractivity contribution >= 4 is 33.0 Å². The molecule has 3 rings (SSSR count). The lowest BCUT2D eigenvalue weighted by Gasteiger charge is -2.26. The van der Waals surface area contributed by atoms with E-state index >= 15 is 0 Å². The number of nitrogens with one attached hydrogen (secondary N) is 1. The van der Waals surface area contributed by atoms with E-state index in [1.165, 1.54) is 16.4 Å². The second-order valence-electron chi connectivity index (χ2n) is 9.33. The van der Waals surface area contributed by atoms with Crippen LogP contribution in [-0.4, -0.2) is 73.5 Å². The maximum absolute atomic E-state index is 13.5. The highest BCUT2D eigenvalue weighted by Gasteiger charge is 2.28. The van der Waals surface area contributed by atoms with Crippen LogP contribution in [0.4, 0.5) is 6.01 Å². The second kappa shape index (κ2) is 11.8. The summed E-state index contributed by atoms with van der Waals surface area (Å²) in [6.45, 7) is 4.29. The van der Waals surface area contributed by atoms with Crippen LogP contribution in [0.3, 0.4) is 0 Å². The molecule has 0 spiro atoms. The number of oxazole rings is 1. The van der Waals surface area contributed by atoms with Gasteiger partial charge < -0.3 is 14.4 Å². The maximum Gasteiger partial charge on any atom is 0.302 e. The summed E-state index contributed by atoms with van der Waals surface area (Å²) in [4.78, 5) is 18.0. The van der Waals surface area contributed by atoms with Gasteiger partial charge in [0.2, 0.25) is 15.9 Å². The zero-order valence-electron chi connectivity index (χ0n) is 20.6. The lowest BCUT2D eigenvalue weighted by molar-refractivity contribution is -0.116. The van der Waals surface area contributed by atoms with Crippen LogP contribution < -0.4 is 5.32 Å². The fraction of sp³-hybridized carbons (Fsp3) is 0.440. The minimum atomic E-state index is -3.90. The number of carbonyl (C=O) groups excluding carboxylic acids is 1. The summed E-state index contributed by atoms with van der Waals surface area (Å²) in [5, 5.41) is 13.2. The summed E-state index contributed by atoms with van der Waals surface area (Å²) in [6, 6.07) is 14.2. The molecule has 0 fully saturated rings. The Labute approximate surface area is 206 Å². The van der Waals surface area contributed by atoms with Gasteiger partial charge in [0.25, 0.3) is 0 Å². The third kappa shape index (κ3) is 7.60. The number of nitrogens with zero attached hydrogens (tertiary/aromatic N) is 3. The Bertz CT molecular complexity index is 1230. The number of hydrogen-bond acceptors (Lipinski definition) is 7. The average Bonchev–Trinajstić information content (AvgIpc) is 3.18. The Hall–Kier alpha value is -2.79. The van der Waals surface area contributed by atoms with Gasteiger partial charge in [-0.05, 0) is 50.6 Å². The van der Waals surface area contributed by atoms with Crippen molar-refractivity contribution in [3.05, 3.63) is 54.1 Å². The minimum Gasteiger partial charge on any atom is -0.423 e. The second-order valence-corrected chi connectivity index (χ2v) is 11.3. The standard InChI is InChI=1S/C25H34N4O5S/c1-18(2)15-29(16-20(30)11-10-19-8-6-5-7-9-19)35(32,33)21-12-13-22-23(14-21)34-25(26-22)27-24(31)17-28(3)4/h5-9,12-14,18,20,30H,10-11,15-17H2,1-4H3,(H,26,27,31). The number of aliphatic hydroxyl groups excluding tert-OH is 1. The molecule has 1 unspecified atom stereocenters. The predicted molar refractivity (Wildman–Crippen MR) is 136 cm³/mol. The van der Waals surface area contributed by atoms with E-state index in [1.54, 1.807) is 25.1 Å². The first-order chi connectivity index (χ1) is 16.5. The van der Waals surface area contributed by atoms with E-state index in [-0.39, 0.29) is 48.0 Å². The van der Waals surface area contributed by atoms with Crippen molar-refractivity contribution in [1.29, 1.82) is 0 Å². The summed E-state index contributed by atoms with van der Waals surface area (Å²) < 4.78 is 33.9. The van der Waals surface area contributed by atoms with Crippen LogP contribution in [0.2, 0.25) is 0 Å². The molecule has 0 aliphatic heterocycles. The van der Waals surface area contributed by atoms with Gasteiger partial charge in [0.05, 0.1) is 17.5 Å². The molecule has 1 aromatic heterocycles. The molecular formula is C25H34N4O5S. The zero-order chi connectivity index (χ0) is 25.6. The van der Waals surface area contributed by atoms with Gasteiger partial charge in [-0.3, -0.25) is 10.1 Å². The van der Waals surface area contributed by atoms with Crippen molar-refractivity contribution in [3.63, 3.8) is 0 Å². The molecule has 0 saturated carbocycles. The molecular weight excluding hydrogens is 468 g/mol. The first-order valence-electron chi connectivity index (χ1n) is 11.6. The summed E-state index contributed by atoms with van der Waals surface area (Å²) in [6.07, 6.45) is 0.297.